The maximum absolute atomic E-state index is 12.9. The first-order chi connectivity index (χ1) is 9.17. The minimum absolute atomic E-state index is 0.133. The molecule has 1 aromatic carbocycles. The number of hydrogen-bond acceptors (Lipinski definition) is 4. The quantitative estimate of drug-likeness (QED) is 0.906. The highest BCUT2D eigenvalue weighted by atomic mass is 32.2. The van der Waals surface area contributed by atoms with Crippen LogP contribution in [0.5, 0.6) is 0 Å². The molecule has 0 amide bonds. The van der Waals surface area contributed by atoms with Crippen LogP contribution in [0.3, 0.4) is 0 Å². The molecule has 2 aliphatic rings. The smallest absolute Gasteiger partial charge is 0.169 e. The molecule has 1 saturated carbocycles. The Labute approximate surface area is 116 Å². The molecule has 104 valence electrons. The summed E-state index contributed by atoms with van der Waals surface area (Å²) in [5, 5.41) is 0.248. The largest absolute Gasteiger partial charge is 0.347 e. The molecule has 2 N–H and O–H groups in total. The summed E-state index contributed by atoms with van der Waals surface area (Å²) in [6.45, 7) is 1.34. The molecule has 19 heavy (non-hydrogen) atoms. The third-order valence-electron chi connectivity index (χ3n) is 3.76. The van der Waals surface area contributed by atoms with Gasteiger partial charge in [-0.1, -0.05) is 0 Å². The highest BCUT2D eigenvalue weighted by Gasteiger charge is 2.44. The Morgan fingerprint density at radius 1 is 1.21 bits per heavy atom. The van der Waals surface area contributed by atoms with Crippen LogP contribution >= 0.6 is 11.8 Å². The third-order valence-corrected chi connectivity index (χ3v) is 5.13. The van der Waals surface area contributed by atoms with E-state index in [1.165, 1.54) is 12.1 Å². The van der Waals surface area contributed by atoms with Crippen LogP contribution in [0, 0.1) is 5.82 Å². The molecule has 5 heteroatoms. The van der Waals surface area contributed by atoms with Crippen LogP contribution in [0.25, 0.3) is 0 Å². The van der Waals surface area contributed by atoms with Crippen LogP contribution in [0.1, 0.15) is 19.3 Å². The zero-order valence-electron chi connectivity index (χ0n) is 10.7. The Balaban J connectivity index is 1.69. The lowest BCUT2D eigenvalue weighted by atomic mass is 9.90. The van der Waals surface area contributed by atoms with Crippen LogP contribution in [-0.2, 0) is 9.47 Å². The Bertz CT molecular complexity index is 434. The number of rotatable bonds is 2. The Morgan fingerprint density at radius 2 is 1.89 bits per heavy atom. The molecule has 1 spiro atoms. The van der Waals surface area contributed by atoms with Crippen LogP contribution in [0.4, 0.5) is 4.39 Å². The van der Waals surface area contributed by atoms with Crippen molar-refractivity contribution in [1.29, 1.82) is 0 Å². The minimum Gasteiger partial charge on any atom is -0.347 e. The first-order valence-corrected chi connectivity index (χ1v) is 7.51. The van der Waals surface area contributed by atoms with Gasteiger partial charge in [0.15, 0.2) is 5.79 Å². The van der Waals surface area contributed by atoms with Crippen LogP contribution in [0.15, 0.2) is 29.2 Å². The molecule has 2 unspecified atom stereocenters. The summed E-state index contributed by atoms with van der Waals surface area (Å²) in [7, 11) is 0. The van der Waals surface area contributed by atoms with Gasteiger partial charge in [-0.05, 0) is 30.7 Å². The zero-order chi connectivity index (χ0) is 13.3. The van der Waals surface area contributed by atoms with Gasteiger partial charge < -0.3 is 15.2 Å². The van der Waals surface area contributed by atoms with Gasteiger partial charge in [-0.15, -0.1) is 11.8 Å². The molecule has 3 rings (SSSR count). The summed E-state index contributed by atoms with van der Waals surface area (Å²) >= 11 is 1.69. The molecule has 1 heterocycles. The Hall–Kier alpha value is -0.620. The van der Waals surface area contributed by atoms with E-state index >= 15 is 0 Å². The van der Waals surface area contributed by atoms with Crippen molar-refractivity contribution in [2.45, 2.75) is 41.2 Å². The molecule has 1 aliphatic heterocycles. The molecular formula is C14H18FNO2S. The van der Waals surface area contributed by atoms with E-state index in [1.807, 2.05) is 0 Å². The Morgan fingerprint density at radius 3 is 2.58 bits per heavy atom. The lowest BCUT2D eigenvalue weighted by molar-refractivity contribution is -0.176. The summed E-state index contributed by atoms with van der Waals surface area (Å²) in [6.07, 6.45) is 2.57. The minimum atomic E-state index is -0.423. The molecule has 3 nitrogen and oxygen atoms in total. The van der Waals surface area contributed by atoms with E-state index in [1.54, 1.807) is 23.9 Å². The summed E-state index contributed by atoms with van der Waals surface area (Å²) in [5.74, 6) is -0.635. The second-order valence-electron chi connectivity index (χ2n) is 5.12. The fourth-order valence-electron chi connectivity index (χ4n) is 2.71. The maximum atomic E-state index is 12.9. The van der Waals surface area contributed by atoms with Gasteiger partial charge in [0.25, 0.3) is 0 Å². The first-order valence-electron chi connectivity index (χ1n) is 6.63. The van der Waals surface area contributed by atoms with Crippen molar-refractivity contribution in [1.82, 2.24) is 0 Å². The molecule has 2 fully saturated rings. The van der Waals surface area contributed by atoms with Gasteiger partial charge in [-0.25, -0.2) is 4.39 Å². The normalized spacial score (nSPS) is 29.8. The van der Waals surface area contributed by atoms with Gasteiger partial charge in [0.1, 0.15) is 5.82 Å². The molecule has 0 radical (unpaired) electrons. The van der Waals surface area contributed by atoms with E-state index < -0.39 is 5.79 Å². The highest BCUT2D eigenvalue weighted by Crippen LogP contribution is 2.41. The van der Waals surface area contributed by atoms with Crippen molar-refractivity contribution in [3.63, 3.8) is 0 Å². The SMILES string of the molecule is NC1CCC2(CC1Sc1ccc(F)cc1)OCCO2. The monoisotopic (exact) mass is 283 g/mol. The lowest BCUT2D eigenvalue weighted by Crippen LogP contribution is -2.47. The fraction of sp³-hybridized carbons (Fsp3) is 0.571. The second-order valence-corrected chi connectivity index (χ2v) is 6.44. The predicted octanol–water partition coefficient (Wildman–Crippen LogP) is 2.54. The van der Waals surface area contributed by atoms with Crippen LogP contribution in [-0.4, -0.2) is 30.3 Å². The maximum Gasteiger partial charge on any atom is 0.169 e. The van der Waals surface area contributed by atoms with Gasteiger partial charge in [-0.3, -0.25) is 0 Å². The Kier molecular flexibility index (Phi) is 3.80. The number of thioether (sulfide) groups is 1. The summed E-state index contributed by atoms with van der Waals surface area (Å²) < 4.78 is 24.4. The molecule has 1 aliphatic carbocycles. The first kappa shape index (κ1) is 13.4. The van der Waals surface area contributed by atoms with Gasteiger partial charge in [0, 0.05) is 29.0 Å². The number of nitrogens with two attached hydrogens (primary N) is 1. The standard InChI is InChI=1S/C14H18FNO2S/c15-10-1-3-11(4-2-10)19-13-9-14(6-5-12(13)16)17-7-8-18-14/h1-4,12-13H,5-9,16H2. The zero-order valence-corrected chi connectivity index (χ0v) is 11.5. The molecular weight excluding hydrogens is 265 g/mol. The number of hydrogen-bond donors (Lipinski definition) is 1. The van der Waals surface area contributed by atoms with E-state index in [2.05, 4.69) is 0 Å². The number of benzene rings is 1. The van der Waals surface area contributed by atoms with Crippen molar-refractivity contribution < 1.29 is 13.9 Å². The number of halogens is 1. The van der Waals surface area contributed by atoms with Crippen molar-refractivity contribution in [3.8, 4) is 0 Å². The van der Waals surface area contributed by atoms with Crippen molar-refractivity contribution in [3.05, 3.63) is 30.1 Å². The van der Waals surface area contributed by atoms with Crippen molar-refractivity contribution >= 4 is 11.8 Å². The molecule has 0 bridgehead atoms. The van der Waals surface area contributed by atoms with Crippen LogP contribution in [0.2, 0.25) is 0 Å². The van der Waals surface area contributed by atoms with E-state index in [0.717, 1.165) is 24.2 Å². The van der Waals surface area contributed by atoms with E-state index in [-0.39, 0.29) is 17.1 Å². The average Bonchev–Trinajstić information content (AvgIpc) is 2.85. The van der Waals surface area contributed by atoms with Crippen molar-refractivity contribution in [2.24, 2.45) is 5.73 Å². The molecule has 0 aromatic heterocycles. The number of ether oxygens (including phenoxy) is 2. The van der Waals surface area contributed by atoms with Crippen LogP contribution < -0.4 is 5.73 Å². The average molecular weight is 283 g/mol. The van der Waals surface area contributed by atoms with Crippen molar-refractivity contribution in [2.75, 3.05) is 13.2 Å². The second kappa shape index (κ2) is 5.40. The summed E-state index contributed by atoms with van der Waals surface area (Å²) in [5.41, 5.74) is 6.20. The van der Waals surface area contributed by atoms with E-state index in [4.69, 9.17) is 15.2 Å². The predicted molar refractivity (Wildman–Crippen MR) is 72.5 cm³/mol. The summed E-state index contributed by atoms with van der Waals surface area (Å²) in [4.78, 5) is 1.04. The van der Waals surface area contributed by atoms with E-state index in [9.17, 15) is 4.39 Å². The third kappa shape index (κ3) is 2.94. The molecule has 1 aromatic rings. The highest BCUT2D eigenvalue weighted by molar-refractivity contribution is 8.00. The van der Waals surface area contributed by atoms with E-state index in [0.29, 0.717) is 13.2 Å². The fourth-order valence-corrected chi connectivity index (χ4v) is 4.00. The van der Waals surface area contributed by atoms with Gasteiger partial charge in [-0.2, -0.15) is 0 Å². The summed E-state index contributed by atoms with van der Waals surface area (Å²) in [6, 6.07) is 6.69. The molecule has 1 saturated heterocycles. The lowest BCUT2D eigenvalue weighted by Gasteiger charge is -2.39. The van der Waals surface area contributed by atoms with Gasteiger partial charge in [0.2, 0.25) is 0 Å². The topological polar surface area (TPSA) is 44.5 Å². The van der Waals surface area contributed by atoms with Gasteiger partial charge in [0.05, 0.1) is 13.2 Å². The van der Waals surface area contributed by atoms with Gasteiger partial charge >= 0.3 is 0 Å². The molecule has 2 atom stereocenters.